The number of carbonyl (C=O) groups is 1. The summed E-state index contributed by atoms with van der Waals surface area (Å²) in [6, 6.07) is 0. The molecule has 9 heteroatoms. The average molecular weight is 362 g/mol. The van der Waals surface area contributed by atoms with Crippen molar-refractivity contribution in [1.29, 1.82) is 0 Å². The molecule has 0 saturated carbocycles. The lowest BCUT2D eigenvalue weighted by Gasteiger charge is -2.22. The highest BCUT2D eigenvalue weighted by molar-refractivity contribution is 5.76. The van der Waals surface area contributed by atoms with E-state index in [1.807, 2.05) is 13.8 Å². The Morgan fingerprint density at radius 3 is 2.64 bits per heavy atom. The molecule has 1 fully saturated rings. The van der Waals surface area contributed by atoms with Gasteiger partial charge in [0.25, 0.3) is 0 Å². The van der Waals surface area contributed by atoms with Crippen molar-refractivity contribution in [2.75, 3.05) is 32.7 Å². The Labute approximate surface area is 145 Å². The summed E-state index contributed by atoms with van der Waals surface area (Å²) in [5.74, 6) is 1.33. The molecule has 1 aromatic rings. The number of aromatic nitrogens is 2. The molecule has 142 valence electrons. The molecule has 0 bridgehead atoms. The lowest BCUT2D eigenvalue weighted by Crippen LogP contribution is -2.38. The Morgan fingerprint density at radius 2 is 2.00 bits per heavy atom. The van der Waals surface area contributed by atoms with Gasteiger partial charge in [0, 0.05) is 44.9 Å². The van der Waals surface area contributed by atoms with E-state index in [4.69, 9.17) is 4.52 Å². The molecule has 2 heterocycles. The highest BCUT2D eigenvalue weighted by Crippen LogP contribution is 2.18. The zero-order chi connectivity index (χ0) is 18.4. The molecule has 1 amide bonds. The smallest absolute Gasteiger partial charge is 0.341 e. The molecule has 0 radical (unpaired) electrons. The third-order valence-electron chi connectivity index (χ3n) is 4.13. The van der Waals surface area contributed by atoms with Crippen LogP contribution in [-0.2, 0) is 11.2 Å². The molecule has 0 unspecified atom stereocenters. The van der Waals surface area contributed by atoms with Gasteiger partial charge in [-0.2, -0.15) is 18.2 Å². The predicted octanol–water partition coefficient (Wildman–Crippen LogP) is 2.61. The van der Waals surface area contributed by atoms with E-state index in [2.05, 4.69) is 10.1 Å². The maximum atomic E-state index is 12.5. The second-order valence-electron chi connectivity index (χ2n) is 6.68. The van der Waals surface area contributed by atoms with E-state index in [1.165, 1.54) is 4.90 Å². The Morgan fingerprint density at radius 1 is 1.24 bits per heavy atom. The lowest BCUT2D eigenvalue weighted by atomic mass is 10.2. The Bertz CT molecular complexity index is 560. The fourth-order valence-electron chi connectivity index (χ4n) is 2.79. The van der Waals surface area contributed by atoms with E-state index < -0.39 is 12.7 Å². The zero-order valence-corrected chi connectivity index (χ0v) is 14.7. The van der Waals surface area contributed by atoms with E-state index in [-0.39, 0.29) is 18.4 Å². The van der Waals surface area contributed by atoms with Gasteiger partial charge in [0.1, 0.15) is 0 Å². The summed E-state index contributed by atoms with van der Waals surface area (Å²) in [6.45, 7) is 4.50. The number of hydrogen-bond donors (Lipinski definition) is 0. The van der Waals surface area contributed by atoms with E-state index in [0.717, 1.165) is 0 Å². The van der Waals surface area contributed by atoms with Crippen LogP contribution >= 0.6 is 0 Å². The second kappa shape index (κ2) is 8.64. The summed E-state index contributed by atoms with van der Waals surface area (Å²) in [7, 11) is 0. The van der Waals surface area contributed by atoms with Crippen molar-refractivity contribution in [3.8, 4) is 0 Å². The van der Waals surface area contributed by atoms with E-state index in [0.29, 0.717) is 57.0 Å². The molecule has 0 atom stereocenters. The first-order valence-electron chi connectivity index (χ1n) is 8.64. The minimum atomic E-state index is -4.20. The van der Waals surface area contributed by atoms with Crippen LogP contribution in [0, 0.1) is 0 Å². The van der Waals surface area contributed by atoms with E-state index in [9.17, 15) is 18.0 Å². The molecule has 1 aliphatic rings. The number of rotatable bonds is 6. The van der Waals surface area contributed by atoms with Crippen LogP contribution in [0.1, 0.15) is 50.7 Å². The van der Waals surface area contributed by atoms with Crippen molar-refractivity contribution in [3.05, 3.63) is 11.7 Å². The van der Waals surface area contributed by atoms with Crippen LogP contribution in [0.25, 0.3) is 0 Å². The van der Waals surface area contributed by atoms with Gasteiger partial charge in [-0.15, -0.1) is 0 Å². The largest absolute Gasteiger partial charge is 0.401 e. The van der Waals surface area contributed by atoms with Crippen molar-refractivity contribution in [1.82, 2.24) is 19.9 Å². The van der Waals surface area contributed by atoms with Gasteiger partial charge in [-0.3, -0.25) is 9.69 Å². The van der Waals surface area contributed by atoms with Gasteiger partial charge < -0.3 is 9.42 Å². The molecule has 1 saturated heterocycles. The molecular weight excluding hydrogens is 337 g/mol. The lowest BCUT2D eigenvalue weighted by molar-refractivity contribution is -0.145. The SMILES string of the molecule is CC(C)c1noc(CCCC(=O)N2CCCN(CC(F)(F)F)CC2)n1. The minimum Gasteiger partial charge on any atom is -0.341 e. The average Bonchev–Trinajstić information content (AvgIpc) is 2.86. The van der Waals surface area contributed by atoms with Crippen LogP contribution in [0.3, 0.4) is 0 Å². The summed E-state index contributed by atoms with van der Waals surface area (Å²) in [5.41, 5.74) is 0. The summed E-state index contributed by atoms with van der Waals surface area (Å²) >= 11 is 0. The Hall–Kier alpha value is -1.64. The maximum absolute atomic E-state index is 12.5. The highest BCUT2D eigenvalue weighted by atomic mass is 19.4. The molecule has 0 aliphatic carbocycles. The van der Waals surface area contributed by atoms with Gasteiger partial charge in [0.15, 0.2) is 5.82 Å². The summed E-state index contributed by atoms with van der Waals surface area (Å²) in [5, 5.41) is 3.87. The minimum absolute atomic E-state index is 0.0301. The quantitative estimate of drug-likeness (QED) is 0.778. The molecule has 0 aromatic carbocycles. The number of nitrogens with zero attached hydrogens (tertiary/aromatic N) is 4. The van der Waals surface area contributed by atoms with Crippen molar-refractivity contribution >= 4 is 5.91 Å². The molecule has 25 heavy (non-hydrogen) atoms. The molecule has 1 aromatic heterocycles. The standard InChI is InChI=1S/C16H25F3N4O2/c1-12(2)15-20-13(25-21-15)5-3-6-14(24)23-8-4-7-22(9-10-23)11-16(17,18)19/h12H,3-11H2,1-2H3. The van der Waals surface area contributed by atoms with Gasteiger partial charge in [-0.25, -0.2) is 0 Å². The molecule has 1 aliphatic heterocycles. The zero-order valence-electron chi connectivity index (χ0n) is 14.7. The summed E-state index contributed by atoms with van der Waals surface area (Å²) < 4.78 is 42.5. The third-order valence-corrected chi connectivity index (χ3v) is 4.13. The van der Waals surface area contributed by atoms with Crippen LogP contribution in [0.4, 0.5) is 13.2 Å². The number of hydrogen-bond acceptors (Lipinski definition) is 5. The number of carbonyl (C=O) groups excluding carboxylic acids is 1. The molecule has 2 rings (SSSR count). The normalized spacial score (nSPS) is 17.1. The van der Waals surface area contributed by atoms with E-state index >= 15 is 0 Å². The first-order valence-corrected chi connectivity index (χ1v) is 8.64. The van der Waals surface area contributed by atoms with Crippen LogP contribution in [0.2, 0.25) is 0 Å². The Balaban J connectivity index is 1.73. The number of halogens is 3. The van der Waals surface area contributed by atoms with Gasteiger partial charge in [-0.05, 0) is 12.8 Å². The summed E-state index contributed by atoms with van der Waals surface area (Å²) in [4.78, 5) is 19.5. The van der Waals surface area contributed by atoms with Gasteiger partial charge >= 0.3 is 6.18 Å². The maximum Gasteiger partial charge on any atom is 0.401 e. The topological polar surface area (TPSA) is 62.5 Å². The number of amides is 1. The predicted molar refractivity (Wildman–Crippen MR) is 85.0 cm³/mol. The summed E-state index contributed by atoms with van der Waals surface area (Å²) in [6.07, 6.45) is -2.19. The fourth-order valence-corrected chi connectivity index (χ4v) is 2.79. The van der Waals surface area contributed by atoms with E-state index in [1.54, 1.807) is 4.90 Å². The first kappa shape index (κ1) is 19.7. The Kier molecular flexibility index (Phi) is 6.80. The fraction of sp³-hybridized carbons (Fsp3) is 0.812. The molecule has 6 nitrogen and oxygen atoms in total. The van der Waals surface area contributed by atoms with Crippen LogP contribution in [0.5, 0.6) is 0 Å². The van der Waals surface area contributed by atoms with Gasteiger partial charge in [0.2, 0.25) is 11.8 Å². The molecule has 0 spiro atoms. The van der Waals surface area contributed by atoms with Crippen LogP contribution in [0.15, 0.2) is 4.52 Å². The molecular formula is C16H25F3N4O2. The van der Waals surface area contributed by atoms with Crippen molar-refractivity contribution in [2.45, 2.75) is 51.6 Å². The van der Waals surface area contributed by atoms with Crippen LogP contribution < -0.4 is 0 Å². The second-order valence-corrected chi connectivity index (χ2v) is 6.68. The first-order chi connectivity index (χ1) is 11.7. The number of alkyl halides is 3. The van der Waals surface area contributed by atoms with Crippen molar-refractivity contribution < 1.29 is 22.5 Å². The third kappa shape index (κ3) is 6.64. The van der Waals surface area contributed by atoms with Crippen molar-refractivity contribution in [2.24, 2.45) is 0 Å². The van der Waals surface area contributed by atoms with Gasteiger partial charge in [-0.1, -0.05) is 19.0 Å². The van der Waals surface area contributed by atoms with Crippen LogP contribution in [-0.4, -0.2) is 64.7 Å². The highest BCUT2D eigenvalue weighted by Gasteiger charge is 2.31. The number of aryl methyl sites for hydroxylation is 1. The van der Waals surface area contributed by atoms with Gasteiger partial charge in [0.05, 0.1) is 6.54 Å². The molecule has 0 N–H and O–H groups in total. The van der Waals surface area contributed by atoms with Crippen molar-refractivity contribution in [3.63, 3.8) is 0 Å². The monoisotopic (exact) mass is 362 g/mol.